The third-order valence-electron chi connectivity index (χ3n) is 3.58. The second kappa shape index (κ2) is 6.55. The van der Waals surface area contributed by atoms with E-state index in [9.17, 15) is 13.2 Å². The van der Waals surface area contributed by atoms with E-state index in [0.29, 0.717) is 19.4 Å². The smallest absolute Gasteiger partial charge is 0.281 e. The molecule has 1 saturated heterocycles. The molecule has 1 aliphatic heterocycles. The van der Waals surface area contributed by atoms with E-state index in [1.54, 1.807) is 0 Å². The van der Waals surface area contributed by atoms with E-state index < -0.39 is 10.2 Å². The molecule has 1 fully saturated rings. The van der Waals surface area contributed by atoms with Gasteiger partial charge in [-0.1, -0.05) is 18.2 Å². The maximum atomic E-state index is 12.3. The van der Waals surface area contributed by atoms with Gasteiger partial charge in [0, 0.05) is 32.9 Å². The molecule has 1 N–H and O–H groups in total. The number of carbonyl (C=O) groups excluding carboxylic acids is 1. The molecule has 0 radical (unpaired) electrons. The largest absolute Gasteiger partial charge is 0.326 e. The Kier molecular flexibility index (Phi) is 4.97. The Morgan fingerprint density at radius 2 is 1.95 bits per heavy atom. The van der Waals surface area contributed by atoms with Crippen molar-refractivity contribution in [3.63, 3.8) is 0 Å². The first kappa shape index (κ1) is 15.9. The van der Waals surface area contributed by atoms with Gasteiger partial charge in [0.2, 0.25) is 5.91 Å². The number of hydrogen-bond donors (Lipinski definition) is 1. The van der Waals surface area contributed by atoms with Gasteiger partial charge in [0.25, 0.3) is 10.2 Å². The molecule has 0 saturated carbocycles. The lowest BCUT2D eigenvalue weighted by Gasteiger charge is -2.32. The van der Waals surface area contributed by atoms with E-state index in [2.05, 4.69) is 5.32 Å². The average Bonchev–Trinajstić information content (AvgIpc) is 2.48. The fraction of sp³-hybridized carbons (Fsp3) is 0.500. The van der Waals surface area contributed by atoms with Crippen LogP contribution in [0.4, 0.5) is 5.69 Å². The number of anilines is 1. The monoisotopic (exact) mass is 311 g/mol. The SMILES string of the molecule is CN(C)S(=O)(=O)N1CCCC(C(=O)Nc2ccccc2)C1. The highest BCUT2D eigenvalue weighted by Crippen LogP contribution is 2.21. The number of hydrogen-bond acceptors (Lipinski definition) is 3. The van der Waals surface area contributed by atoms with Crippen molar-refractivity contribution in [2.75, 3.05) is 32.5 Å². The third kappa shape index (κ3) is 3.81. The Bertz CT molecular complexity index is 587. The maximum Gasteiger partial charge on any atom is 0.281 e. The Morgan fingerprint density at radius 1 is 1.29 bits per heavy atom. The highest BCUT2D eigenvalue weighted by Gasteiger charge is 2.33. The van der Waals surface area contributed by atoms with Crippen LogP contribution in [0.25, 0.3) is 0 Å². The van der Waals surface area contributed by atoms with Crippen molar-refractivity contribution in [2.45, 2.75) is 12.8 Å². The summed E-state index contributed by atoms with van der Waals surface area (Å²) in [7, 11) is -0.447. The van der Waals surface area contributed by atoms with Gasteiger partial charge in [-0.2, -0.15) is 17.0 Å². The maximum absolute atomic E-state index is 12.3. The van der Waals surface area contributed by atoms with Crippen molar-refractivity contribution < 1.29 is 13.2 Å². The van der Waals surface area contributed by atoms with Crippen LogP contribution in [0.2, 0.25) is 0 Å². The third-order valence-corrected chi connectivity index (χ3v) is 5.49. The van der Waals surface area contributed by atoms with Crippen LogP contribution in [0.1, 0.15) is 12.8 Å². The number of benzene rings is 1. The summed E-state index contributed by atoms with van der Waals surface area (Å²) in [5.41, 5.74) is 0.732. The van der Waals surface area contributed by atoms with Gasteiger partial charge < -0.3 is 5.32 Å². The number of carbonyl (C=O) groups is 1. The van der Waals surface area contributed by atoms with Gasteiger partial charge in [0.1, 0.15) is 0 Å². The second-order valence-corrected chi connectivity index (χ2v) is 7.48. The normalized spacial score (nSPS) is 20.4. The first-order valence-electron chi connectivity index (χ1n) is 6.95. The van der Waals surface area contributed by atoms with Crippen molar-refractivity contribution in [3.8, 4) is 0 Å². The number of rotatable bonds is 4. The Balaban J connectivity index is 2.03. The molecule has 7 heteroatoms. The summed E-state index contributed by atoms with van der Waals surface area (Å²) >= 11 is 0. The molecule has 116 valence electrons. The Morgan fingerprint density at radius 3 is 2.57 bits per heavy atom. The number of amides is 1. The number of para-hydroxylation sites is 1. The van der Waals surface area contributed by atoms with Crippen molar-refractivity contribution in [3.05, 3.63) is 30.3 Å². The standard InChI is InChI=1S/C14H21N3O3S/c1-16(2)21(19,20)17-10-6-7-12(11-17)14(18)15-13-8-4-3-5-9-13/h3-5,8-9,12H,6-7,10-11H2,1-2H3,(H,15,18). The summed E-state index contributed by atoms with van der Waals surface area (Å²) in [5, 5.41) is 2.84. The minimum absolute atomic E-state index is 0.125. The fourth-order valence-electron chi connectivity index (χ4n) is 2.36. The molecule has 0 aromatic heterocycles. The van der Waals surface area contributed by atoms with Gasteiger partial charge >= 0.3 is 0 Å². The first-order valence-corrected chi connectivity index (χ1v) is 8.34. The molecular formula is C14H21N3O3S. The average molecular weight is 311 g/mol. The summed E-state index contributed by atoms with van der Waals surface area (Å²) in [6.07, 6.45) is 1.40. The summed E-state index contributed by atoms with van der Waals surface area (Å²) < 4.78 is 26.8. The molecule has 1 aliphatic rings. The topological polar surface area (TPSA) is 69.7 Å². The number of piperidine rings is 1. The molecule has 0 spiro atoms. The van der Waals surface area contributed by atoms with E-state index in [1.165, 1.54) is 22.7 Å². The lowest BCUT2D eigenvalue weighted by molar-refractivity contribution is -0.120. The Hall–Kier alpha value is -1.44. The number of nitrogens with one attached hydrogen (secondary N) is 1. The second-order valence-electron chi connectivity index (χ2n) is 5.34. The van der Waals surface area contributed by atoms with Crippen molar-refractivity contribution >= 4 is 21.8 Å². The molecular weight excluding hydrogens is 290 g/mol. The fourth-order valence-corrected chi connectivity index (χ4v) is 3.55. The predicted octanol–water partition coefficient (Wildman–Crippen LogP) is 1.14. The number of nitrogens with zero attached hydrogens (tertiary/aromatic N) is 2. The molecule has 1 unspecified atom stereocenters. The molecule has 0 bridgehead atoms. The van der Waals surface area contributed by atoms with Gasteiger partial charge in [-0.15, -0.1) is 0 Å². The summed E-state index contributed by atoms with van der Waals surface area (Å²) in [6.45, 7) is 0.703. The van der Waals surface area contributed by atoms with Crippen molar-refractivity contribution in [2.24, 2.45) is 5.92 Å². The van der Waals surface area contributed by atoms with E-state index in [-0.39, 0.29) is 18.4 Å². The van der Waals surface area contributed by atoms with Gasteiger partial charge in [-0.25, -0.2) is 0 Å². The molecule has 1 aromatic carbocycles. The zero-order valence-corrected chi connectivity index (χ0v) is 13.1. The quantitative estimate of drug-likeness (QED) is 0.906. The van der Waals surface area contributed by atoms with Crippen LogP contribution in [-0.4, -0.2) is 50.1 Å². The Labute approximate surface area is 125 Å². The zero-order valence-electron chi connectivity index (χ0n) is 12.3. The van der Waals surface area contributed by atoms with Crippen molar-refractivity contribution in [1.82, 2.24) is 8.61 Å². The molecule has 1 atom stereocenters. The van der Waals surface area contributed by atoms with E-state index in [1.807, 2.05) is 30.3 Å². The highest BCUT2D eigenvalue weighted by molar-refractivity contribution is 7.86. The van der Waals surface area contributed by atoms with Crippen molar-refractivity contribution in [1.29, 1.82) is 0 Å². The van der Waals surface area contributed by atoms with E-state index >= 15 is 0 Å². The molecule has 1 amide bonds. The van der Waals surface area contributed by atoms with Crippen LogP contribution in [-0.2, 0) is 15.0 Å². The van der Waals surface area contributed by atoms with Crippen LogP contribution in [0, 0.1) is 5.92 Å². The molecule has 1 heterocycles. The summed E-state index contributed by atoms with van der Waals surface area (Å²) in [6, 6.07) is 9.20. The lowest BCUT2D eigenvalue weighted by Crippen LogP contribution is -2.47. The molecule has 2 rings (SSSR count). The summed E-state index contributed by atoms with van der Waals surface area (Å²) in [5.74, 6) is -0.437. The van der Waals surface area contributed by atoms with Gasteiger partial charge in [-0.05, 0) is 25.0 Å². The molecule has 1 aromatic rings. The minimum Gasteiger partial charge on any atom is -0.326 e. The summed E-state index contributed by atoms with van der Waals surface area (Å²) in [4.78, 5) is 12.3. The van der Waals surface area contributed by atoms with Crippen LogP contribution in [0.5, 0.6) is 0 Å². The van der Waals surface area contributed by atoms with E-state index in [0.717, 1.165) is 5.69 Å². The van der Waals surface area contributed by atoms with Gasteiger partial charge in [0.15, 0.2) is 0 Å². The minimum atomic E-state index is -3.45. The molecule has 21 heavy (non-hydrogen) atoms. The van der Waals surface area contributed by atoms with Crippen LogP contribution < -0.4 is 5.32 Å². The van der Waals surface area contributed by atoms with Crippen LogP contribution in [0.3, 0.4) is 0 Å². The molecule has 6 nitrogen and oxygen atoms in total. The van der Waals surface area contributed by atoms with E-state index in [4.69, 9.17) is 0 Å². The van der Waals surface area contributed by atoms with Crippen LogP contribution in [0.15, 0.2) is 30.3 Å². The predicted molar refractivity (Wildman–Crippen MR) is 82.0 cm³/mol. The highest BCUT2D eigenvalue weighted by atomic mass is 32.2. The molecule has 0 aliphatic carbocycles. The lowest BCUT2D eigenvalue weighted by atomic mass is 9.99. The van der Waals surface area contributed by atoms with Crippen LogP contribution >= 0.6 is 0 Å². The first-order chi connectivity index (χ1) is 9.91. The van der Waals surface area contributed by atoms with Gasteiger partial charge in [-0.3, -0.25) is 4.79 Å². The zero-order chi connectivity index (χ0) is 15.5. The van der Waals surface area contributed by atoms with Gasteiger partial charge in [0.05, 0.1) is 5.92 Å².